The molecule has 1 heterocycles. The molecular weight excluding hydrogens is 170 g/mol. The Morgan fingerprint density at radius 3 is 3.08 bits per heavy atom. The zero-order chi connectivity index (χ0) is 9.84. The van der Waals surface area contributed by atoms with Gasteiger partial charge in [0.15, 0.2) is 0 Å². The highest BCUT2D eigenvalue weighted by atomic mass is 16.4. The van der Waals surface area contributed by atoms with E-state index in [0.717, 1.165) is 13.0 Å². The van der Waals surface area contributed by atoms with Crippen LogP contribution < -0.4 is 5.73 Å². The summed E-state index contributed by atoms with van der Waals surface area (Å²) in [6.45, 7) is 2.76. The number of aromatic nitrogens is 2. The number of imidazole rings is 1. The molecule has 0 aliphatic heterocycles. The van der Waals surface area contributed by atoms with Gasteiger partial charge in [0, 0.05) is 6.54 Å². The summed E-state index contributed by atoms with van der Waals surface area (Å²) in [4.78, 5) is 14.5. The van der Waals surface area contributed by atoms with Gasteiger partial charge in [-0.2, -0.15) is 0 Å². The SMILES string of the molecule is CCCn1cncc1C(N)C(=O)O. The number of carbonyl (C=O) groups is 1. The molecule has 0 fully saturated rings. The number of aliphatic carboxylic acids is 1. The van der Waals surface area contributed by atoms with E-state index < -0.39 is 12.0 Å². The Morgan fingerprint density at radius 1 is 1.85 bits per heavy atom. The molecule has 0 saturated heterocycles. The molecular formula is C8H13N3O2. The van der Waals surface area contributed by atoms with Gasteiger partial charge in [0.25, 0.3) is 0 Å². The van der Waals surface area contributed by atoms with E-state index >= 15 is 0 Å². The van der Waals surface area contributed by atoms with Crippen LogP contribution in [0.2, 0.25) is 0 Å². The molecule has 5 nitrogen and oxygen atoms in total. The van der Waals surface area contributed by atoms with Gasteiger partial charge in [-0.1, -0.05) is 6.92 Å². The predicted molar refractivity (Wildman–Crippen MR) is 47.1 cm³/mol. The minimum Gasteiger partial charge on any atom is -0.480 e. The van der Waals surface area contributed by atoms with E-state index in [4.69, 9.17) is 10.8 Å². The maximum Gasteiger partial charge on any atom is 0.326 e. The topological polar surface area (TPSA) is 81.1 Å². The number of carboxylic acids is 1. The number of hydrogen-bond acceptors (Lipinski definition) is 3. The molecule has 0 aromatic carbocycles. The minimum absolute atomic E-state index is 0.550. The summed E-state index contributed by atoms with van der Waals surface area (Å²) in [7, 11) is 0. The van der Waals surface area contributed by atoms with Crippen molar-refractivity contribution in [2.24, 2.45) is 5.73 Å². The van der Waals surface area contributed by atoms with Crippen LogP contribution in [0.4, 0.5) is 0 Å². The van der Waals surface area contributed by atoms with Crippen LogP contribution in [0.3, 0.4) is 0 Å². The molecule has 0 amide bonds. The summed E-state index contributed by atoms with van der Waals surface area (Å²) in [6.07, 6.45) is 4.02. The summed E-state index contributed by atoms with van der Waals surface area (Å²) in [5.74, 6) is -1.03. The number of carboxylic acid groups (broad SMARTS) is 1. The van der Waals surface area contributed by atoms with Gasteiger partial charge in [0.05, 0.1) is 18.2 Å². The summed E-state index contributed by atoms with van der Waals surface area (Å²) < 4.78 is 1.76. The average Bonchev–Trinajstić information content (AvgIpc) is 2.52. The molecule has 0 aliphatic carbocycles. The fourth-order valence-electron chi connectivity index (χ4n) is 1.14. The van der Waals surface area contributed by atoms with Crippen LogP contribution in [-0.4, -0.2) is 20.6 Å². The second-order valence-corrected chi connectivity index (χ2v) is 2.83. The lowest BCUT2D eigenvalue weighted by Gasteiger charge is -2.09. The highest BCUT2D eigenvalue weighted by Crippen LogP contribution is 2.10. The second kappa shape index (κ2) is 4.04. The van der Waals surface area contributed by atoms with Gasteiger partial charge in [-0.05, 0) is 6.42 Å². The van der Waals surface area contributed by atoms with E-state index in [0.29, 0.717) is 5.69 Å². The Balaban J connectivity index is 2.86. The van der Waals surface area contributed by atoms with Crippen molar-refractivity contribution in [1.82, 2.24) is 9.55 Å². The summed E-state index contributed by atoms with van der Waals surface area (Å²) in [6, 6.07) is -0.978. The first-order valence-electron chi connectivity index (χ1n) is 4.15. The second-order valence-electron chi connectivity index (χ2n) is 2.83. The zero-order valence-corrected chi connectivity index (χ0v) is 7.47. The first kappa shape index (κ1) is 9.73. The maximum atomic E-state index is 10.6. The van der Waals surface area contributed by atoms with Crippen molar-refractivity contribution in [3.05, 3.63) is 18.2 Å². The molecule has 0 aliphatic rings. The molecule has 5 heteroatoms. The molecule has 3 N–H and O–H groups in total. The van der Waals surface area contributed by atoms with Gasteiger partial charge in [0.2, 0.25) is 0 Å². The van der Waals surface area contributed by atoms with Crippen LogP contribution in [-0.2, 0) is 11.3 Å². The van der Waals surface area contributed by atoms with Crippen molar-refractivity contribution >= 4 is 5.97 Å². The molecule has 0 bridgehead atoms. The van der Waals surface area contributed by atoms with E-state index in [1.165, 1.54) is 6.20 Å². The number of nitrogens with zero attached hydrogens (tertiary/aromatic N) is 2. The monoisotopic (exact) mass is 183 g/mol. The quantitative estimate of drug-likeness (QED) is 0.707. The smallest absolute Gasteiger partial charge is 0.326 e. The summed E-state index contributed by atoms with van der Waals surface area (Å²) in [5.41, 5.74) is 6.00. The number of aryl methyl sites for hydroxylation is 1. The molecule has 1 aromatic rings. The lowest BCUT2D eigenvalue weighted by molar-refractivity contribution is -0.138. The van der Waals surface area contributed by atoms with Crippen molar-refractivity contribution in [2.45, 2.75) is 25.9 Å². The number of rotatable bonds is 4. The van der Waals surface area contributed by atoms with E-state index in [1.54, 1.807) is 10.9 Å². The average molecular weight is 183 g/mol. The van der Waals surface area contributed by atoms with Gasteiger partial charge in [-0.15, -0.1) is 0 Å². The lowest BCUT2D eigenvalue weighted by Crippen LogP contribution is -2.23. The first-order valence-corrected chi connectivity index (χ1v) is 4.15. The zero-order valence-electron chi connectivity index (χ0n) is 7.47. The fraction of sp³-hybridized carbons (Fsp3) is 0.500. The van der Waals surface area contributed by atoms with Gasteiger partial charge >= 0.3 is 5.97 Å². The third-order valence-corrected chi connectivity index (χ3v) is 1.79. The molecule has 0 spiro atoms. The standard InChI is InChI=1S/C8H13N3O2/c1-2-3-11-5-10-4-6(11)7(9)8(12)13/h4-5,7H,2-3,9H2,1H3,(H,12,13). The Labute approximate surface area is 76.2 Å². The lowest BCUT2D eigenvalue weighted by atomic mass is 10.2. The molecule has 13 heavy (non-hydrogen) atoms. The summed E-state index contributed by atoms with van der Waals surface area (Å²) in [5, 5.41) is 8.68. The van der Waals surface area contributed by atoms with Crippen LogP contribution >= 0.6 is 0 Å². The first-order chi connectivity index (χ1) is 6.16. The molecule has 0 saturated carbocycles. The minimum atomic E-state index is -1.03. The molecule has 1 unspecified atom stereocenters. The molecule has 1 rings (SSSR count). The summed E-state index contributed by atoms with van der Waals surface area (Å²) >= 11 is 0. The van der Waals surface area contributed by atoms with Gasteiger partial charge in [-0.25, -0.2) is 4.98 Å². The van der Waals surface area contributed by atoms with Crippen molar-refractivity contribution in [2.75, 3.05) is 0 Å². The predicted octanol–water partition coefficient (Wildman–Crippen LogP) is 0.378. The number of nitrogens with two attached hydrogens (primary N) is 1. The van der Waals surface area contributed by atoms with Crippen molar-refractivity contribution < 1.29 is 9.90 Å². The van der Waals surface area contributed by atoms with Gasteiger partial charge < -0.3 is 15.4 Å². The van der Waals surface area contributed by atoms with Crippen LogP contribution in [0.25, 0.3) is 0 Å². The van der Waals surface area contributed by atoms with Crippen LogP contribution in [0.1, 0.15) is 25.1 Å². The number of hydrogen-bond donors (Lipinski definition) is 2. The maximum absolute atomic E-state index is 10.6. The highest BCUT2D eigenvalue weighted by Gasteiger charge is 2.17. The third-order valence-electron chi connectivity index (χ3n) is 1.79. The van der Waals surface area contributed by atoms with Crippen molar-refractivity contribution in [1.29, 1.82) is 0 Å². The largest absolute Gasteiger partial charge is 0.480 e. The highest BCUT2D eigenvalue weighted by molar-refractivity contribution is 5.74. The van der Waals surface area contributed by atoms with Gasteiger partial charge in [-0.3, -0.25) is 4.79 Å². The Bertz CT molecular complexity index is 295. The third kappa shape index (κ3) is 2.06. The van der Waals surface area contributed by atoms with E-state index in [9.17, 15) is 4.79 Å². The Hall–Kier alpha value is -1.36. The molecule has 0 radical (unpaired) electrons. The van der Waals surface area contributed by atoms with Crippen molar-refractivity contribution in [3.63, 3.8) is 0 Å². The Morgan fingerprint density at radius 2 is 2.54 bits per heavy atom. The van der Waals surface area contributed by atoms with E-state index in [2.05, 4.69) is 4.98 Å². The molecule has 72 valence electrons. The van der Waals surface area contributed by atoms with Crippen molar-refractivity contribution in [3.8, 4) is 0 Å². The van der Waals surface area contributed by atoms with Crippen LogP contribution in [0.5, 0.6) is 0 Å². The fourth-order valence-corrected chi connectivity index (χ4v) is 1.14. The van der Waals surface area contributed by atoms with Crippen LogP contribution in [0, 0.1) is 0 Å². The molecule has 1 aromatic heterocycles. The molecule has 1 atom stereocenters. The van der Waals surface area contributed by atoms with Gasteiger partial charge in [0.1, 0.15) is 6.04 Å². The van der Waals surface area contributed by atoms with E-state index in [-0.39, 0.29) is 0 Å². The van der Waals surface area contributed by atoms with E-state index in [1.807, 2.05) is 6.92 Å². The van der Waals surface area contributed by atoms with Crippen LogP contribution in [0.15, 0.2) is 12.5 Å². The Kier molecular flexibility index (Phi) is 3.02. The normalized spacial score (nSPS) is 12.8.